The number of ketones is 1. The van der Waals surface area contributed by atoms with Crippen molar-refractivity contribution in [2.45, 2.75) is 6.04 Å². The minimum atomic E-state index is -0.714. The minimum absolute atomic E-state index is 0.0191. The van der Waals surface area contributed by atoms with Crippen molar-refractivity contribution in [1.29, 1.82) is 0 Å². The zero-order chi connectivity index (χ0) is 20.8. The summed E-state index contributed by atoms with van der Waals surface area (Å²) in [7, 11) is 1.56. The lowest BCUT2D eigenvalue weighted by atomic mass is 9.95. The average Bonchev–Trinajstić information content (AvgIpc) is 3.01. The quantitative estimate of drug-likeness (QED) is 0.272. The number of nitrogens with zero attached hydrogens (tertiary/aromatic N) is 1. The number of methoxy groups -OCH3 is 1. The van der Waals surface area contributed by atoms with Gasteiger partial charge in [-0.25, -0.2) is 0 Å². The van der Waals surface area contributed by atoms with Crippen molar-refractivity contribution < 1.29 is 24.5 Å². The summed E-state index contributed by atoms with van der Waals surface area (Å²) in [5.74, 6) is -0.919. The molecule has 1 amide bonds. The Bertz CT molecular complexity index is 893. The van der Waals surface area contributed by atoms with Gasteiger partial charge in [0.15, 0.2) is 0 Å². The van der Waals surface area contributed by atoms with Crippen LogP contribution in [0.4, 0.5) is 0 Å². The Labute approximate surface area is 169 Å². The van der Waals surface area contributed by atoms with E-state index in [1.54, 1.807) is 55.6 Å². The molecule has 152 valence electrons. The molecule has 1 heterocycles. The monoisotopic (exact) mass is 396 g/mol. The van der Waals surface area contributed by atoms with Gasteiger partial charge in [0, 0.05) is 25.2 Å². The maximum atomic E-state index is 12.8. The van der Waals surface area contributed by atoms with Gasteiger partial charge in [-0.05, 0) is 17.7 Å². The molecule has 0 unspecified atom stereocenters. The molecule has 1 saturated heterocycles. The van der Waals surface area contributed by atoms with E-state index in [0.29, 0.717) is 30.0 Å². The van der Waals surface area contributed by atoms with E-state index < -0.39 is 17.7 Å². The summed E-state index contributed by atoms with van der Waals surface area (Å²) in [6.45, 7) is 1.04. The van der Waals surface area contributed by atoms with Crippen LogP contribution in [0.15, 0.2) is 60.2 Å². The second-order valence-corrected chi connectivity index (χ2v) is 6.61. The van der Waals surface area contributed by atoms with Gasteiger partial charge in [0.2, 0.25) is 0 Å². The van der Waals surface area contributed by atoms with Crippen molar-refractivity contribution in [3.8, 4) is 5.75 Å². The Balaban J connectivity index is 2.04. The van der Waals surface area contributed by atoms with E-state index >= 15 is 0 Å². The molecule has 1 fully saturated rings. The highest BCUT2D eigenvalue weighted by molar-refractivity contribution is 6.46. The van der Waals surface area contributed by atoms with Crippen LogP contribution in [0.3, 0.4) is 0 Å². The molecule has 7 heteroatoms. The van der Waals surface area contributed by atoms with Crippen LogP contribution < -0.4 is 10.1 Å². The average molecular weight is 396 g/mol. The molecule has 2 aromatic carbocycles. The number of Topliss-reactive ketones (excluding diaryl/α,β-unsaturated/α-hetero) is 1. The smallest absolute Gasteiger partial charge is 0.295 e. The standard InChI is InChI=1S/C22H24N2O5/c1-29-17-9-7-15(8-10-17)19-18(20(26)16-5-3-2-4-6-16)21(27)22(28)24(19)13-11-23-12-14-25/h2-10,19,23,25-26H,11-14H2,1H3/t19-/m0/s1. The molecule has 1 aliphatic heterocycles. The third kappa shape index (κ3) is 4.31. The van der Waals surface area contributed by atoms with Crippen molar-refractivity contribution in [3.05, 3.63) is 71.3 Å². The van der Waals surface area contributed by atoms with Crippen molar-refractivity contribution >= 4 is 17.4 Å². The highest BCUT2D eigenvalue weighted by Crippen LogP contribution is 2.39. The van der Waals surface area contributed by atoms with E-state index in [4.69, 9.17) is 9.84 Å². The van der Waals surface area contributed by atoms with Crippen LogP contribution >= 0.6 is 0 Å². The van der Waals surface area contributed by atoms with E-state index in [9.17, 15) is 14.7 Å². The number of carbonyl (C=O) groups excluding carboxylic acids is 2. The Hall–Kier alpha value is -3.16. The summed E-state index contributed by atoms with van der Waals surface area (Å²) < 4.78 is 5.19. The maximum Gasteiger partial charge on any atom is 0.295 e. The van der Waals surface area contributed by atoms with Crippen LogP contribution in [-0.2, 0) is 9.59 Å². The number of amides is 1. The molecule has 7 nitrogen and oxygen atoms in total. The predicted octanol–water partition coefficient (Wildman–Crippen LogP) is 1.70. The summed E-state index contributed by atoms with van der Waals surface area (Å²) in [4.78, 5) is 27.0. The number of hydrogen-bond donors (Lipinski definition) is 3. The maximum absolute atomic E-state index is 12.8. The van der Waals surface area contributed by atoms with Gasteiger partial charge >= 0.3 is 0 Å². The molecule has 3 N–H and O–H groups in total. The SMILES string of the molecule is COc1ccc([C@H]2C(=C(O)c3ccccc3)C(=O)C(=O)N2CCNCCO)cc1. The number of benzene rings is 2. The van der Waals surface area contributed by atoms with Crippen LogP contribution in [0.1, 0.15) is 17.2 Å². The molecule has 1 atom stereocenters. The molecule has 2 aromatic rings. The highest BCUT2D eigenvalue weighted by atomic mass is 16.5. The summed E-state index contributed by atoms with van der Waals surface area (Å²) in [5.41, 5.74) is 1.24. The van der Waals surface area contributed by atoms with Crippen LogP contribution in [-0.4, -0.2) is 60.2 Å². The van der Waals surface area contributed by atoms with E-state index in [1.165, 1.54) is 4.90 Å². The van der Waals surface area contributed by atoms with Gasteiger partial charge in [0.05, 0.1) is 25.3 Å². The normalized spacial score (nSPS) is 18.3. The number of rotatable bonds is 8. The number of carbonyl (C=O) groups is 2. The molecule has 29 heavy (non-hydrogen) atoms. The first-order valence-electron chi connectivity index (χ1n) is 9.37. The molecular weight excluding hydrogens is 372 g/mol. The molecule has 3 rings (SSSR count). The highest BCUT2D eigenvalue weighted by Gasteiger charge is 2.45. The van der Waals surface area contributed by atoms with Crippen LogP contribution in [0.5, 0.6) is 5.75 Å². The summed E-state index contributed by atoms with van der Waals surface area (Å²) in [5, 5.41) is 22.8. The van der Waals surface area contributed by atoms with Gasteiger partial charge in [0.25, 0.3) is 11.7 Å². The van der Waals surface area contributed by atoms with E-state index in [-0.39, 0.29) is 24.5 Å². The Morgan fingerprint density at radius 3 is 2.38 bits per heavy atom. The van der Waals surface area contributed by atoms with E-state index in [1.807, 2.05) is 6.07 Å². The minimum Gasteiger partial charge on any atom is -0.507 e. The zero-order valence-corrected chi connectivity index (χ0v) is 16.2. The zero-order valence-electron chi connectivity index (χ0n) is 16.2. The Morgan fingerprint density at radius 2 is 1.76 bits per heavy atom. The van der Waals surface area contributed by atoms with Gasteiger partial charge in [-0.2, -0.15) is 0 Å². The second-order valence-electron chi connectivity index (χ2n) is 6.61. The molecule has 0 saturated carbocycles. The fourth-order valence-electron chi connectivity index (χ4n) is 3.40. The Morgan fingerprint density at radius 1 is 1.07 bits per heavy atom. The van der Waals surface area contributed by atoms with Crippen LogP contribution in [0, 0.1) is 0 Å². The number of nitrogens with one attached hydrogen (secondary N) is 1. The molecular formula is C22H24N2O5. The fourth-order valence-corrected chi connectivity index (χ4v) is 3.40. The van der Waals surface area contributed by atoms with Crippen molar-refractivity contribution in [2.75, 3.05) is 33.4 Å². The van der Waals surface area contributed by atoms with Gasteiger partial charge in [-0.3, -0.25) is 9.59 Å². The van der Waals surface area contributed by atoms with E-state index in [2.05, 4.69) is 5.32 Å². The molecule has 0 spiro atoms. The number of ether oxygens (including phenoxy) is 1. The van der Waals surface area contributed by atoms with Gasteiger partial charge < -0.3 is 25.2 Å². The topological polar surface area (TPSA) is 99.1 Å². The lowest BCUT2D eigenvalue weighted by Gasteiger charge is -2.25. The van der Waals surface area contributed by atoms with Gasteiger partial charge in [0.1, 0.15) is 11.5 Å². The molecule has 0 bridgehead atoms. The molecule has 0 aromatic heterocycles. The first-order chi connectivity index (χ1) is 14.1. The summed E-state index contributed by atoms with van der Waals surface area (Å²) in [6.07, 6.45) is 0. The molecule has 0 radical (unpaired) electrons. The number of likely N-dealkylation sites (tertiary alicyclic amines) is 1. The third-order valence-electron chi connectivity index (χ3n) is 4.84. The van der Waals surface area contributed by atoms with Crippen molar-refractivity contribution in [1.82, 2.24) is 10.2 Å². The van der Waals surface area contributed by atoms with Crippen molar-refractivity contribution in [2.24, 2.45) is 0 Å². The van der Waals surface area contributed by atoms with Gasteiger partial charge in [-0.1, -0.05) is 42.5 Å². The first kappa shape index (κ1) is 20.6. The van der Waals surface area contributed by atoms with Crippen molar-refractivity contribution in [3.63, 3.8) is 0 Å². The first-order valence-corrected chi connectivity index (χ1v) is 9.37. The Kier molecular flexibility index (Phi) is 6.64. The lowest BCUT2D eigenvalue weighted by Crippen LogP contribution is -2.36. The third-order valence-corrected chi connectivity index (χ3v) is 4.84. The lowest BCUT2D eigenvalue weighted by molar-refractivity contribution is -0.139. The fraction of sp³-hybridized carbons (Fsp3) is 0.273. The second kappa shape index (κ2) is 9.36. The van der Waals surface area contributed by atoms with Crippen LogP contribution in [0.2, 0.25) is 0 Å². The number of aliphatic hydroxyl groups excluding tert-OH is 2. The summed E-state index contributed by atoms with van der Waals surface area (Å²) in [6, 6.07) is 15.1. The summed E-state index contributed by atoms with van der Waals surface area (Å²) >= 11 is 0. The predicted molar refractivity (Wildman–Crippen MR) is 108 cm³/mol. The van der Waals surface area contributed by atoms with E-state index in [0.717, 1.165) is 0 Å². The number of hydrogen-bond acceptors (Lipinski definition) is 6. The largest absolute Gasteiger partial charge is 0.507 e. The number of aliphatic hydroxyl groups is 2. The molecule has 0 aliphatic carbocycles. The van der Waals surface area contributed by atoms with Crippen LogP contribution in [0.25, 0.3) is 5.76 Å². The molecule has 1 aliphatic rings. The van der Waals surface area contributed by atoms with Gasteiger partial charge in [-0.15, -0.1) is 0 Å².